The van der Waals surface area contributed by atoms with Crippen molar-refractivity contribution in [1.82, 2.24) is 0 Å². The van der Waals surface area contributed by atoms with Crippen molar-refractivity contribution in [3.8, 4) is 5.75 Å². The molecule has 0 bridgehead atoms. The second-order valence-electron chi connectivity index (χ2n) is 2.89. The molecule has 1 aromatic rings. The first-order valence-corrected chi connectivity index (χ1v) is 3.84. The maximum atomic E-state index is 9.17. The summed E-state index contributed by atoms with van der Waals surface area (Å²) in [6.07, 6.45) is 1.66. The number of fused-ring (bicyclic) bond motifs is 1. The molecule has 3 heteroatoms. The molecule has 0 atom stereocenters. The first kappa shape index (κ1) is 7.16. The molecule has 0 heterocycles. The van der Waals surface area contributed by atoms with E-state index in [-0.39, 0.29) is 5.75 Å². The monoisotopic (exact) mass is 163 g/mol. The molecule has 2 N–H and O–H groups in total. The van der Waals surface area contributed by atoms with Gasteiger partial charge in [-0.15, -0.1) is 0 Å². The Morgan fingerprint density at radius 2 is 2.08 bits per heavy atom. The van der Waals surface area contributed by atoms with E-state index in [9.17, 15) is 5.11 Å². The van der Waals surface area contributed by atoms with Crippen molar-refractivity contribution in [2.75, 3.05) is 0 Å². The Kier molecular flexibility index (Phi) is 1.50. The first-order chi connectivity index (χ1) is 5.81. The molecule has 0 saturated heterocycles. The standard InChI is InChI=1S/C9H9NO2/c11-7-3-1-6-2-4-9(10-12)8(6)5-7/h1,3,5,11-12H,2,4H2/b10-9-. The Morgan fingerprint density at radius 1 is 1.25 bits per heavy atom. The van der Waals surface area contributed by atoms with Crippen LogP contribution in [-0.2, 0) is 6.42 Å². The Balaban J connectivity index is 2.57. The molecule has 0 unspecified atom stereocenters. The number of phenolic OH excluding ortho intramolecular Hbond substituents is 1. The molecule has 3 nitrogen and oxygen atoms in total. The minimum atomic E-state index is 0.219. The second-order valence-corrected chi connectivity index (χ2v) is 2.89. The van der Waals surface area contributed by atoms with E-state index in [1.165, 1.54) is 0 Å². The van der Waals surface area contributed by atoms with Crippen LogP contribution in [0.1, 0.15) is 17.5 Å². The number of rotatable bonds is 0. The normalized spacial score (nSPS) is 18.2. The van der Waals surface area contributed by atoms with Gasteiger partial charge in [-0.25, -0.2) is 0 Å². The third-order valence-electron chi connectivity index (χ3n) is 2.16. The zero-order valence-electron chi connectivity index (χ0n) is 6.49. The molecule has 0 amide bonds. The lowest BCUT2D eigenvalue weighted by atomic mass is 10.1. The van der Waals surface area contributed by atoms with Gasteiger partial charge in [-0.2, -0.15) is 0 Å². The van der Waals surface area contributed by atoms with E-state index >= 15 is 0 Å². The number of aryl methyl sites for hydroxylation is 1. The number of phenols is 1. The Hall–Kier alpha value is -1.51. The quantitative estimate of drug-likeness (QED) is 0.450. The van der Waals surface area contributed by atoms with Gasteiger partial charge in [-0.1, -0.05) is 11.2 Å². The molecule has 0 radical (unpaired) electrons. The van der Waals surface area contributed by atoms with Crippen LogP contribution < -0.4 is 0 Å². The Morgan fingerprint density at radius 3 is 2.83 bits per heavy atom. The van der Waals surface area contributed by atoms with Gasteiger partial charge in [-0.05, 0) is 30.5 Å². The van der Waals surface area contributed by atoms with E-state index in [4.69, 9.17) is 5.21 Å². The SMILES string of the molecule is O/N=C1/CCc2ccc(O)cc21. The molecule has 1 aliphatic carbocycles. The summed E-state index contributed by atoms with van der Waals surface area (Å²) in [6, 6.07) is 5.15. The molecule has 2 rings (SSSR count). The topological polar surface area (TPSA) is 52.8 Å². The fourth-order valence-corrected chi connectivity index (χ4v) is 1.54. The van der Waals surface area contributed by atoms with Crippen LogP contribution in [0.25, 0.3) is 0 Å². The third-order valence-corrected chi connectivity index (χ3v) is 2.16. The van der Waals surface area contributed by atoms with Crippen molar-refractivity contribution in [2.24, 2.45) is 5.16 Å². The van der Waals surface area contributed by atoms with Crippen molar-refractivity contribution < 1.29 is 10.3 Å². The van der Waals surface area contributed by atoms with Gasteiger partial charge in [0.2, 0.25) is 0 Å². The van der Waals surface area contributed by atoms with Gasteiger partial charge in [0.1, 0.15) is 5.75 Å². The number of nitrogens with zero attached hydrogens (tertiary/aromatic N) is 1. The summed E-state index contributed by atoms with van der Waals surface area (Å²) in [5.74, 6) is 0.219. The van der Waals surface area contributed by atoms with Crippen LogP contribution in [0.3, 0.4) is 0 Å². The fourth-order valence-electron chi connectivity index (χ4n) is 1.54. The van der Waals surface area contributed by atoms with Gasteiger partial charge in [0.05, 0.1) is 5.71 Å². The first-order valence-electron chi connectivity index (χ1n) is 3.84. The largest absolute Gasteiger partial charge is 0.508 e. The predicted octanol–water partition coefficient (Wildman–Crippen LogP) is 1.52. The average Bonchev–Trinajstić information content (AvgIpc) is 2.46. The van der Waals surface area contributed by atoms with E-state index in [1.54, 1.807) is 12.1 Å². The number of hydrogen-bond donors (Lipinski definition) is 2. The summed E-state index contributed by atoms with van der Waals surface area (Å²) in [7, 11) is 0. The van der Waals surface area contributed by atoms with Crippen LogP contribution in [0.15, 0.2) is 23.4 Å². The van der Waals surface area contributed by atoms with Crippen molar-refractivity contribution in [1.29, 1.82) is 0 Å². The summed E-state index contributed by atoms with van der Waals surface area (Å²) in [4.78, 5) is 0. The number of hydrogen-bond acceptors (Lipinski definition) is 3. The molecule has 62 valence electrons. The van der Waals surface area contributed by atoms with Crippen molar-refractivity contribution >= 4 is 5.71 Å². The lowest BCUT2D eigenvalue weighted by Crippen LogP contribution is -1.92. The minimum absolute atomic E-state index is 0.219. The molecule has 0 spiro atoms. The van der Waals surface area contributed by atoms with Crippen LogP contribution >= 0.6 is 0 Å². The van der Waals surface area contributed by atoms with E-state index in [1.807, 2.05) is 6.07 Å². The van der Waals surface area contributed by atoms with Gasteiger partial charge in [-0.3, -0.25) is 0 Å². The van der Waals surface area contributed by atoms with E-state index in [0.717, 1.165) is 24.0 Å². The van der Waals surface area contributed by atoms with Crippen LogP contribution in [0.4, 0.5) is 0 Å². The maximum absolute atomic E-state index is 9.17. The van der Waals surface area contributed by atoms with Gasteiger partial charge >= 0.3 is 0 Å². The third kappa shape index (κ3) is 0.942. The zero-order chi connectivity index (χ0) is 8.55. The highest BCUT2D eigenvalue weighted by Gasteiger charge is 2.17. The minimum Gasteiger partial charge on any atom is -0.508 e. The van der Waals surface area contributed by atoms with Gasteiger partial charge in [0.25, 0.3) is 0 Å². The van der Waals surface area contributed by atoms with Crippen LogP contribution in [-0.4, -0.2) is 16.0 Å². The highest BCUT2D eigenvalue weighted by atomic mass is 16.4. The van der Waals surface area contributed by atoms with Crippen molar-refractivity contribution in [2.45, 2.75) is 12.8 Å². The molecular formula is C9H9NO2. The summed E-state index contributed by atoms with van der Waals surface area (Å²) in [6.45, 7) is 0. The molecule has 12 heavy (non-hydrogen) atoms. The number of oxime groups is 1. The summed E-state index contributed by atoms with van der Waals surface area (Å²) in [5.41, 5.74) is 2.68. The lowest BCUT2D eigenvalue weighted by molar-refractivity contribution is 0.318. The van der Waals surface area contributed by atoms with Crippen LogP contribution in [0.2, 0.25) is 0 Å². The predicted molar refractivity (Wildman–Crippen MR) is 44.8 cm³/mol. The van der Waals surface area contributed by atoms with Gasteiger partial charge in [0.15, 0.2) is 0 Å². The number of aromatic hydroxyl groups is 1. The second kappa shape index (κ2) is 2.52. The molecule has 0 saturated carbocycles. The van der Waals surface area contributed by atoms with E-state index in [0.29, 0.717) is 5.71 Å². The molecule has 0 aliphatic heterocycles. The molecular weight excluding hydrogens is 154 g/mol. The number of benzene rings is 1. The highest BCUT2D eigenvalue weighted by molar-refractivity contribution is 6.04. The molecule has 1 aliphatic rings. The van der Waals surface area contributed by atoms with Crippen LogP contribution in [0, 0.1) is 0 Å². The molecule has 0 aromatic heterocycles. The smallest absolute Gasteiger partial charge is 0.116 e. The van der Waals surface area contributed by atoms with Crippen molar-refractivity contribution in [3.05, 3.63) is 29.3 Å². The molecule has 0 fully saturated rings. The van der Waals surface area contributed by atoms with Gasteiger partial charge < -0.3 is 10.3 Å². The summed E-state index contributed by atoms with van der Waals surface area (Å²) >= 11 is 0. The summed E-state index contributed by atoms with van der Waals surface area (Å²) < 4.78 is 0. The molecule has 1 aromatic carbocycles. The maximum Gasteiger partial charge on any atom is 0.116 e. The highest BCUT2D eigenvalue weighted by Crippen LogP contribution is 2.25. The van der Waals surface area contributed by atoms with Crippen LogP contribution in [0.5, 0.6) is 5.75 Å². The Bertz CT molecular complexity index is 344. The van der Waals surface area contributed by atoms with Gasteiger partial charge in [0, 0.05) is 5.56 Å². The summed E-state index contributed by atoms with van der Waals surface area (Å²) in [5, 5.41) is 21.0. The van der Waals surface area contributed by atoms with E-state index in [2.05, 4.69) is 5.16 Å². The average molecular weight is 163 g/mol. The Labute approximate surface area is 70.0 Å². The van der Waals surface area contributed by atoms with Crippen molar-refractivity contribution in [3.63, 3.8) is 0 Å². The zero-order valence-corrected chi connectivity index (χ0v) is 6.49. The fraction of sp³-hybridized carbons (Fsp3) is 0.222. The van der Waals surface area contributed by atoms with E-state index < -0.39 is 0 Å². The lowest BCUT2D eigenvalue weighted by Gasteiger charge is -1.98.